The number of nitrogens with zero attached hydrogens (tertiary/aromatic N) is 3. The van der Waals surface area contributed by atoms with Crippen molar-refractivity contribution in [3.05, 3.63) is 42.7 Å². The van der Waals surface area contributed by atoms with E-state index < -0.39 is 17.8 Å². The fraction of sp³-hybridized carbons (Fsp3) is 0.409. The average molecular weight is 409 g/mol. The molecule has 3 N–H and O–H groups in total. The molecule has 0 saturated carbocycles. The number of nitrogens with one attached hydrogen (secondary N) is 2. The van der Waals surface area contributed by atoms with Crippen molar-refractivity contribution in [2.24, 2.45) is 0 Å². The fourth-order valence-electron chi connectivity index (χ4n) is 4.79. The van der Waals surface area contributed by atoms with Gasteiger partial charge in [-0.2, -0.15) is 5.10 Å². The summed E-state index contributed by atoms with van der Waals surface area (Å²) in [5.41, 5.74) is 2.12. The van der Waals surface area contributed by atoms with Gasteiger partial charge in [-0.3, -0.25) is 5.10 Å². The smallest absolute Gasteiger partial charge is 0.233 e. The number of aromatic hydroxyl groups is 1. The number of ether oxygens (including phenoxy) is 1. The van der Waals surface area contributed by atoms with Crippen LogP contribution in [0.5, 0.6) is 11.6 Å². The van der Waals surface area contributed by atoms with Crippen LogP contribution in [0.25, 0.3) is 22.4 Å². The standard InChI is InChI=1S/C22H24FN5O2/c1-21-7-8-22(2,28-21)20(23)18(10-21)30-19-6-5-16(26-27-19)15-4-3-13(9-17(15)29)14-11-24-25-12-14/h3-6,9,11-12,18,20,28-29H,7-8,10H2,1-2H3,(H,24,25)/t18-,20-,21-,22+/m1/s1. The first kappa shape index (κ1) is 19.0. The Morgan fingerprint density at radius 1 is 1.13 bits per heavy atom. The quantitative estimate of drug-likeness (QED) is 0.609. The minimum Gasteiger partial charge on any atom is -0.507 e. The van der Waals surface area contributed by atoms with Crippen molar-refractivity contribution in [3.8, 4) is 34.0 Å². The molecule has 0 unspecified atom stereocenters. The Bertz CT molecular complexity index is 1060. The second-order valence-electron chi connectivity index (χ2n) is 8.84. The van der Waals surface area contributed by atoms with E-state index in [0.29, 0.717) is 17.7 Å². The van der Waals surface area contributed by atoms with E-state index in [-0.39, 0.29) is 17.2 Å². The van der Waals surface area contributed by atoms with Gasteiger partial charge in [0.15, 0.2) is 6.17 Å². The molecule has 156 valence electrons. The van der Waals surface area contributed by atoms with Crippen LogP contribution in [0.1, 0.15) is 33.1 Å². The maximum Gasteiger partial charge on any atom is 0.233 e. The minimum atomic E-state index is -1.12. The summed E-state index contributed by atoms with van der Waals surface area (Å²) < 4.78 is 21.0. The van der Waals surface area contributed by atoms with Crippen LogP contribution in [0.15, 0.2) is 42.7 Å². The van der Waals surface area contributed by atoms with Crippen LogP contribution in [0, 0.1) is 0 Å². The topological polar surface area (TPSA) is 96.0 Å². The third kappa shape index (κ3) is 3.21. The van der Waals surface area contributed by atoms with Gasteiger partial charge in [-0.1, -0.05) is 6.07 Å². The number of piperidine rings is 1. The second kappa shape index (κ2) is 6.77. The molecule has 5 rings (SSSR count). The van der Waals surface area contributed by atoms with Crippen molar-refractivity contribution in [2.45, 2.75) is 56.5 Å². The van der Waals surface area contributed by atoms with Crippen LogP contribution in [-0.4, -0.2) is 48.9 Å². The Balaban J connectivity index is 1.34. The Kier molecular flexibility index (Phi) is 4.28. The molecular formula is C22H24FN5O2. The number of aromatic nitrogens is 4. The zero-order chi connectivity index (χ0) is 20.9. The van der Waals surface area contributed by atoms with Gasteiger partial charge in [-0.05, 0) is 50.5 Å². The molecule has 1 aromatic carbocycles. The molecule has 2 fully saturated rings. The summed E-state index contributed by atoms with van der Waals surface area (Å²) in [5, 5.41) is 28.9. The molecule has 2 saturated heterocycles. The highest BCUT2D eigenvalue weighted by atomic mass is 19.1. The maximum atomic E-state index is 15.1. The molecule has 4 atom stereocenters. The van der Waals surface area contributed by atoms with Gasteiger partial charge in [-0.25, -0.2) is 4.39 Å². The van der Waals surface area contributed by atoms with Gasteiger partial charge in [0.1, 0.15) is 11.9 Å². The number of hydrogen-bond donors (Lipinski definition) is 3. The number of hydrogen-bond acceptors (Lipinski definition) is 6. The number of H-pyrrole nitrogens is 1. The average Bonchev–Trinajstić information content (AvgIpc) is 3.34. The molecule has 2 bridgehead atoms. The Morgan fingerprint density at radius 2 is 2.00 bits per heavy atom. The van der Waals surface area contributed by atoms with Crippen LogP contribution in [-0.2, 0) is 0 Å². The molecule has 3 aromatic rings. The van der Waals surface area contributed by atoms with E-state index in [1.54, 1.807) is 36.7 Å². The molecule has 2 aliphatic rings. The highest BCUT2D eigenvalue weighted by Crippen LogP contribution is 2.44. The number of phenolic OH excluding ortho intramolecular Hbond substituents is 1. The third-order valence-electron chi connectivity index (χ3n) is 6.39. The van der Waals surface area contributed by atoms with Gasteiger partial charge in [0, 0.05) is 35.3 Å². The summed E-state index contributed by atoms with van der Waals surface area (Å²) in [6, 6.07) is 8.72. The van der Waals surface area contributed by atoms with E-state index in [4.69, 9.17) is 4.74 Å². The SMILES string of the molecule is C[C@]12CC[C@](C)(N1)[C@H](F)[C@H](Oc1ccc(-c3ccc(-c4cn[nH]c4)cc3O)nn1)C2. The van der Waals surface area contributed by atoms with Gasteiger partial charge in [0.05, 0.1) is 17.4 Å². The van der Waals surface area contributed by atoms with Gasteiger partial charge >= 0.3 is 0 Å². The number of halogens is 1. The molecule has 8 heteroatoms. The summed E-state index contributed by atoms with van der Waals surface area (Å²) >= 11 is 0. The van der Waals surface area contributed by atoms with Crippen molar-refractivity contribution in [1.29, 1.82) is 0 Å². The summed E-state index contributed by atoms with van der Waals surface area (Å²) in [5.74, 6) is 0.380. The molecule has 0 aliphatic carbocycles. The van der Waals surface area contributed by atoms with Gasteiger partial charge < -0.3 is 15.2 Å². The van der Waals surface area contributed by atoms with Crippen molar-refractivity contribution in [1.82, 2.24) is 25.7 Å². The van der Waals surface area contributed by atoms with Gasteiger partial charge in [-0.15, -0.1) is 10.2 Å². The lowest BCUT2D eigenvalue weighted by Crippen LogP contribution is -2.63. The van der Waals surface area contributed by atoms with Crippen molar-refractivity contribution < 1.29 is 14.2 Å². The first-order valence-corrected chi connectivity index (χ1v) is 10.1. The molecule has 4 heterocycles. The van der Waals surface area contributed by atoms with E-state index >= 15 is 4.39 Å². The van der Waals surface area contributed by atoms with Crippen LogP contribution < -0.4 is 10.1 Å². The van der Waals surface area contributed by atoms with Crippen molar-refractivity contribution in [3.63, 3.8) is 0 Å². The second-order valence-corrected chi connectivity index (χ2v) is 8.84. The molecule has 0 amide bonds. The van der Waals surface area contributed by atoms with Crippen LogP contribution >= 0.6 is 0 Å². The monoisotopic (exact) mass is 409 g/mol. The van der Waals surface area contributed by atoms with E-state index in [1.807, 2.05) is 13.0 Å². The zero-order valence-corrected chi connectivity index (χ0v) is 16.9. The van der Waals surface area contributed by atoms with E-state index in [0.717, 1.165) is 24.0 Å². The molecule has 7 nitrogen and oxygen atoms in total. The lowest BCUT2D eigenvalue weighted by molar-refractivity contribution is -0.00951. The van der Waals surface area contributed by atoms with Crippen molar-refractivity contribution >= 4 is 0 Å². The molecule has 0 radical (unpaired) electrons. The molecule has 2 aromatic heterocycles. The van der Waals surface area contributed by atoms with Gasteiger partial charge in [0.25, 0.3) is 0 Å². The normalized spacial score (nSPS) is 30.4. The summed E-state index contributed by atoms with van der Waals surface area (Å²) in [6.07, 6.45) is 4.08. The van der Waals surface area contributed by atoms with Crippen molar-refractivity contribution in [2.75, 3.05) is 0 Å². The predicted molar refractivity (Wildman–Crippen MR) is 110 cm³/mol. The predicted octanol–water partition coefficient (Wildman–Crippen LogP) is 3.63. The summed E-state index contributed by atoms with van der Waals surface area (Å²) in [7, 11) is 0. The molecule has 2 aliphatic heterocycles. The Hall–Kier alpha value is -3.00. The number of benzene rings is 1. The Labute approximate surface area is 173 Å². The highest BCUT2D eigenvalue weighted by Gasteiger charge is 2.56. The largest absolute Gasteiger partial charge is 0.507 e. The lowest BCUT2D eigenvalue weighted by atomic mass is 9.85. The van der Waals surface area contributed by atoms with E-state index in [9.17, 15) is 5.11 Å². The van der Waals surface area contributed by atoms with Crippen LogP contribution in [0.4, 0.5) is 4.39 Å². The van der Waals surface area contributed by atoms with Crippen LogP contribution in [0.3, 0.4) is 0 Å². The summed E-state index contributed by atoms with van der Waals surface area (Å²) in [6.45, 7) is 4.04. The zero-order valence-electron chi connectivity index (χ0n) is 16.9. The summed E-state index contributed by atoms with van der Waals surface area (Å²) in [4.78, 5) is 0. The Morgan fingerprint density at radius 3 is 2.70 bits per heavy atom. The van der Waals surface area contributed by atoms with E-state index in [1.165, 1.54) is 0 Å². The fourth-order valence-corrected chi connectivity index (χ4v) is 4.79. The third-order valence-corrected chi connectivity index (χ3v) is 6.39. The van der Waals surface area contributed by atoms with E-state index in [2.05, 4.69) is 32.6 Å². The maximum absolute atomic E-state index is 15.1. The number of fused-ring (bicyclic) bond motifs is 2. The highest BCUT2D eigenvalue weighted by molar-refractivity contribution is 5.73. The molecule has 0 spiro atoms. The number of alkyl halides is 1. The number of aromatic amines is 1. The molecular weight excluding hydrogens is 385 g/mol. The van der Waals surface area contributed by atoms with Crippen LogP contribution in [0.2, 0.25) is 0 Å². The number of rotatable bonds is 4. The van der Waals surface area contributed by atoms with Gasteiger partial charge in [0.2, 0.25) is 5.88 Å². The number of phenols is 1. The lowest BCUT2D eigenvalue weighted by Gasteiger charge is -2.43. The first-order chi connectivity index (χ1) is 14.4. The first-order valence-electron chi connectivity index (χ1n) is 10.1. The molecule has 30 heavy (non-hydrogen) atoms. The minimum absolute atomic E-state index is 0.0938.